The smallest absolute Gasteiger partial charge is 0.307 e. The molecule has 2 aliphatic carbocycles. The second kappa shape index (κ2) is 14.7. The van der Waals surface area contributed by atoms with E-state index in [0.717, 1.165) is 32.0 Å². The summed E-state index contributed by atoms with van der Waals surface area (Å²) >= 11 is 0. The maximum Gasteiger partial charge on any atom is 0.307 e. The van der Waals surface area contributed by atoms with Crippen LogP contribution in [-0.4, -0.2) is 17.4 Å². The van der Waals surface area contributed by atoms with Crippen LogP contribution in [0.5, 0.6) is 0 Å². The topological polar surface area (TPSA) is 54.4 Å². The van der Waals surface area contributed by atoms with Gasteiger partial charge in [-0.05, 0) is 95.8 Å². The van der Waals surface area contributed by atoms with E-state index < -0.39 is 5.97 Å². The van der Waals surface area contributed by atoms with Crippen molar-refractivity contribution in [3.8, 4) is 0 Å². The molecule has 196 valence electrons. The molecule has 34 heavy (non-hydrogen) atoms. The molecule has 0 saturated heterocycles. The van der Waals surface area contributed by atoms with Crippen molar-refractivity contribution in [2.45, 2.75) is 133 Å². The van der Waals surface area contributed by atoms with Crippen LogP contribution in [0.1, 0.15) is 133 Å². The number of carboxylic acids is 1. The Labute approximate surface area is 211 Å². The number of carbonyl (C=O) groups excluding carboxylic acids is 1. The van der Waals surface area contributed by atoms with Gasteiger partial charge in [0, 0.05) is 5.92 Å². The lowest BCUT2D eigenvalue weighted by atomic mass is 9.71. The SMILES string of the molecule is C.CC1=C(CC/C(C)=C/CC(=O)O)C(C)(C)CCC1.CC1=C(CCC(C)C=O)C(C)(C)CCC1. The molecular weight excluding hydrogens is 420 g/mol. The van der Waals surface area contributed by atoms with Crippen LogP contribution in [0, 0.1) is 16.7 Å². The van der Waals surface area contributed by atoms with Gasteiger partial charge in [0.05, 0.1) is 6.42 Å². The van der Waals surface area contributed by atoms with Gasteiger partial charge in [-0.2, -0.15) is 0 Å². The summed E-state index contributed by atoms with van der Waals surface area (Å²) in [5, 5.41) is 8.65. The van der Waals surface area contributed by atoms with E-state index in [9.17, 15) is 9.59 Å². The molecule has 2 rings (SSSR count). The Morgan fingerprint density at radius 1 is 0.971 bits per heavy atom. The molecule has 0 fully saturated rings. The Bertz CT molecular complexity index is 762. The van der Waals surface area contributed by atoms with E-state index in [1.807, 2.05) is 19.9 Å². The van der Waals surface area contributed by atoms with E-state index in [-0.39, 0.29) is 19.8 Å². The third-order valence-corrected chi connectivity index (χ3v) is 7.85. The van der Waals surface area contributed by atoms with Crippen LogP contribution >= 0.6 is 0 Å². The lowest BCUT2D eigenvalue weighted by Crippen LogP contribution is -2.21. The van der Waals surface area contributed by atoms with Crippen molar-refractivity contribution in [2.24, 2.45) is 16.7 Å². The molecule has 0 aromatic rings. The number of hydrogen-bond acceptors (Lipinski definition) is 2. The predicted molar refractivity (Wildman–Crippen MR) is 147 cm³/mol. The molecule has 0 heterocycles. The number of hydrogen-bond donors (Lipinski definition) is 1. The van der Waals surface area contributed by atoms with Gasteiger partial charge in [-0.25, -0.2) is 0 Å². The fraction of sp³-hybridized carbons (Fsp3) is 0.742. The van der Waals surface area contributed by atoms with Gasteiger partial charge in [-0.1, -0.05) is 76.0 Å². The average molecular weight is 475 g/mol. The van der Waals surface area contributed by atoms with Crippen molar-refractivity contribution in [3.63, 3.8) is 0 Å². The maximum absolute atomic E-state index is 10.6. The van der Waals surface area contributed by atoms with E-state index in [0.29, 0.717) is 10.8 Å². The first-order valence-electron chi connectivity index (χ1n) is 13.0. The van der Waals surface area contributed by atoms with E-state index in [4.69, 9.17) is 5.11 Å². The lowest BCUT2D eigenvalue weighted by Gasteiger charge is -2.35. The molecule has 0 aromatic carbocycles. The van der Waals surface area contributed by atoms with E-state index >= 15 is 0 Å². The molecule has 0 radical (unpaired) electrons. The summed E-state index contributed by atoms with van der Waals surface area (Å²) in [7, 11) is 0. The molecule has 0 spiro atoms. The zero-order valence-electron chi connectivity index (χ0n) is 22.8. The summed E-state index contributed by atoms with van der Waals surface area (Å²) in [5.74, 6) is -0.536. The summed E-state index contributed by atoms with van der Waals surface area (Å²) in [4.78, 5) is 21.1. The third-order valence-electron chi connectivity index (χ3n) is 7.85. The van der Waals surface area contributed by atoms with Crippen molar-refractivity contribution in [1.82, 2.24) is 0 Å². The van der Waals surface area contributed by atoms with Crippen LogP contribution in [0.4, 0.5) is 0 Å². The molecule has 3 heteroatoms. The Hall–Kier alpha value is -1.64. The van der Waals surface area contributed by atoms with Gasteiger partial charge in [0.2, 0.25) is 0 Å². The minimum atomic E-state index is -0.747. The zero-order chi connectivity index (χ0) is 25.2. The molecule has 0 aromatic heterocycles. The van der Waals surface area contributed by atoms with Crippen molar-refractivity contribution < 1.29 is 14.7 Å². The number of carbonyl (C=O) groups is 2. The Morgan fingerprint density at radius 2 is 1.44 bits per heavy atom. The normalized spacial score (nSPS) is 20.6. The second-order valence-electron chi connectivity index (χ2n) is 11.8. The molecule has 0 amide bonds. The van der Waals surface area contributed by atoms with Gasteiger partial charge in [0.15, 0.2) is 0 Å². The molecular formula is C31H54O3. The largest absolute Gasteiger partial charge is 0.481 e. The zero-order valence-corrected chi connectivity index (χ0v) is 22.8. The van der Waals surface area contributed by atoms with Crippen LogP contribution in [-0.2, 0) is 9.59 Å². The highest BCUT2D eigenvalue weighted by molar-refractivity contribution is 5.68. The van der Waals surface area contributed by atoms with Crippen LogP contribution in [0.2, 0.25) is 0 Å². The van der Waals surface area contributed by atoms with E-state index in [1.165, 1.54) is 44.1 Å². The molecule has 0 bridgehead atoms. The predicted octanol–water partition coefficient (Wildman–Crippen LogP) is 9.48. The average Bonchev–Trinajstić information content (AvgIpc) is 2.70. The van der Waals surface area contributed by atoms with Crippen LogP contribution in [0.25, 0.3) is 0 Å². The summed E-state index contributed by atoms with van der Waals surface area (Å²) in [6, 6.07) is 0. The molecule has 0 aliphatic heterocycles. The van der Waals surface area contributed by atoms with Crippen molar-refractivity contribution >= 4 is 12.3 Å². The summed E-state index contributed by atoms with van der Waals surface area (Å²) in [5.41, 5.74) is 8.22. The summed E-state index contributed by atoms with van der Waals surface area (Å²) in [6.07, 6.45) is 15.0. The van der Waals surface area contributed by atoms with Gasteiger partial charge in [-0.3, -0.25) is 4.79 Å². The molecule has 3 nitrogen and oxygen atoms in total. The highest BCUT2D eigenvalue weighted by Crippen LogP contribution is 2.43. The molecule has 1 unspecified atom stereocenters. The molecule has 1 N–H and O–H groups in total. The fourth-order valence-electron chi connectivity index (χ4n) is 5.58. The van der Waals surface area contributed by atoms with Crippen LogP contribution < -0.4 is 0 Å². The van der Waals surface area contributed by atoms with Crippen molar-refractivity contribution in [3.05, 3.63) is 33.9 Å². The van der Waals surface area contributed by atoms with Gasteiger partial charge in [0.1, 0.15) is 6.29 Å². The number of carboxylic acid groups (broad SMARTS) is 1. The minimum absolute atomic E-state index is 0. The lowest BCUT2D eigenvalue weighted by molar-refractivity contribution is -0.136. The van der Waals surface area contributed by atoms with Gasteiger partial charge in [0.25, 0.3) is 0 Å². The van der Waals surface area contributed by atoms with Crippen molar-refractivity contribution in [2.75, 3.05) is 0 Å². The number of aldehydes is 1. The Kier molecular flexibility index (Phi) is 14.0. The number of allylic oxidation sites excluding steroid dienone is 5. The quantitative estimate of drug-likeness (QED) is 0.267. The van der Waals surface area contributed by atoms with E-state index in [1.54, 1.807) is 22.3 Å². The molecule has 0 saturated carbocycles. The summed E-state index contributed by atoms with van der Waals surface area (Å²) < 4.78 is 0. The number of rotatable bonds is 9. The first-order chi connectivity index (χ1) is 15.3. The van der Waals surface area contributed by atoms with E-state index in [2.05, 4.69) is 41.5 Å². The standard InChI is InChI=1S/C16H26O2.C14H24O.CH4/c1-12(8-10-15(17)18)7-9-14-13(2)6-5-11-16(14,3)4;1-11(10-15)7-8-13-12(2)6-5-9-14(13,3)4;/h8H,5-7,9-11H2,1-4H3,(H,17,18);10-11H,5-9H2,1-4H3;1H4/b12-8+;;. The second-order valence-corrected chi connectivity index (χ2v) is 11.8. The van der Waals surface area contributed by atoms with Gasteiger partial charge < -0.3 is 9.90 Å². The monoisotopic (exact) mass is 474 g/mol. The Balaban J connectivity index is 0.000000632. The van der Waals surface area contributed by atoms with Gasteiger partial charge >= 0.3 is 5.97 Å². The van der Waals surface area contributed by atoms with Crippen molar-refractivity contribution in [1.29, 1.82) is 0 Å². The maximum atomic E-state index is 10.6. The first kappa shape index (κ1) is 32.4. The first-order valence-corrected chi connectivity index (χ1v) is 13.0. The molecule has 2 aliphatic rings. The molecule has 1 atom stereocenters. The third kappa shape index (κ3) is 10.7. The highest BCUT2D eigenvalue weighted by Gasteiger charge is 2.28. The van der Waals surface area contributed by atoms with Crippen LogP contribution in [0.3, 0.4) is 0 Å². The van der Waals surface area contributed by atoms with Gasteiger partial charge in [-0.15, -0.1) is 0 Å². The number of aliphatic carboxylic acids is 1. The Morgan fingerprint density at radius 3 is 1.85 bits per heavy atom. The minimum Gasteiger partial charge on any atom is -0.481 e. The fourth-order valence-corrected chi connectivity index (χ4v) is 5.58. The summed E-state index contributed by atoms with van der Waals surface area (Å²) in [6.45, 7) is 17.9. The van der Waals surface area contributed by atoms with Crippen LogP contribution in [0.15, 0.2) is 33.9 Å². The highest BCUT2D eigenvalue weighted by atomic mass is 16.4.